The third-order valence-electron chi connectivity index (χ3n) is 4.81. The van der Waals surface area contributed by atoms with Gasteiger partial charge in [0.1, 0.15) is 5.82 Å². The van der Waals surface area contributed by atoms with Crippen LogP contribution in [0.1, 0.15) is 17.5 Å². The van der Waals surface area contributed by atoms with Crippen LogP contribution in [0.2, 0.25) is 0 Å². The summed E-state index contributed by atoms with van der Waals surface area (Å²) in [4.78, 5) is 38.0. The number of benzene rings is 2. The van der Waals surface area contributed by atoms with Gasteiger partial charge in [0, 0.05) is 25.1 Å². The molecular formula is C23H23FN2O5S. The molecule has 2 aromatic carbocycles. The molecule has 0 bridgehead atoms. The van der Waals surface area contributed by atoms with Crippen molar-refractivity contribution in [2.75, 3.05) is 27.3 Å². The van der Waals surface area contributed by atoms with Gasteiger partial charge in [-0.1, -0.05) is 24.3 Å². The highest BCUT2D eigenvalue weighted by Crippen LogP contribution is 2.32. The van der Waals surface area contributed by atoms with Crippen LogP contribution in [0.25, 0.3) is 6.08 Å². The van der Waals surface area contributed by atoms with Gasteiger partial charge in [0.05, 0.1) is 19.1 Å². The number of amides is 3. The number of hydrogen-bond donors (Lipinski definition) is 1. The highest BCUT2D eigenvalue weighted by atomic mass is 32.2. The van der Waals surface area contributed by atoms with Crippen molar-refractivity contribution in [3.05, 3.63) is 64.3 Å². The molecule has 0 saturated carbocycles. The highest BCUT2D eigenvalue weighted by molar-refractivity contribution is 8.18. The first-order valence-electron chi connectivity index (χ1n) is 9.90. The summed E-state index contributed by atoms with van der Waals surface area (Å²) < 4.78 is 24.3. The molecule has 0 spiro atoms. The maximum absolute atomic E-state index is 13.8. The maximum Gasteiger partial charge on any atom is 0.293 e. The van der Waals surface area contributed by atoms with Crippen molar-refractivity contribution in [3.8, 4) is 11.5 Å². The van der Waals surface area contributed by atoms with Crippen LogP contribution in [0.15, 0.2) is 47.4 Å². The van der Waals surface area contributed by atoms with Gasteiger partial charge in [0.2, 0.25) is 5.91 Å². The van der Waals surface area contributed by atoms with Gasteiger partial charge in [-0.2, -0.15) is 0 Å². The molecule has 3 rings (SSSR count). The molecule has 3 amide bonds. The monoisotopic (exact) mass is 458 g/mol. The maximum atomic E-state index is 13.8. The van der Waals surface area contributed by atoms with Crippen molar-refractivity contribution in [2.45, 2.75) is 12.8 Å². The van der Waals surface area contributed by atoms with Gasteiger partial charge in [0.15, 0.2) is 11.5 Å². The molecule has 9 heteroatoms. The molecule has 32 heavy (non-hydrogen) atoms. The number of halogens is 1. The van der Waals surface area contributed by atoms with E-state index in [0.29, 0.717) is 17.9 Å². The Hall–Kier alpha value is -3.33. The molecule has 1 N–H and O–H groups in total. The van der Waals surface area contributed by atoms with Crippen molar-refractivity contribution >= 4 is 34.9 Å². The summed E-state index contributed by atoms with van der Waals surface area (Å²) in [6, 6.07) is 11.5. The van der Waals surface area contributed by atoms with Gasteiger partial charge >= 0.3 is 0 Å². The molecule has 1 aliphatic heterocycles. The van der Waals surface area contributed by atoms with Gasteiger partial charge in [-0.05, 0) is 48.0 Å². The standard InChI is InChI=1S/C23H23FN2O5S/c1-30-18-9-7-15(13-19(18)31-2)8-10-21(27)25-11-12-26-22(28)20(32-23(26)29)14-16-5-3-4-6-17(16)24/h3-7,9,13-14H,8,10-12H2,1-2H3,(H,25,27)/b20-14-. The number of nitrogens with zero attached hydrogens (tertiary/aromatic N) is 1. The summed E-state index contributed by atoms with van der Waals surface area (Å²) in [6.45, 7) is 0.178. The zero-order chi connectivity index (χ0) is 23.1. The second kappa shape index (κ2) is 10.8. The molecule has 1 saturated heterocycles. The average molecular weight is 459 g/mol. The van der Waals surface area contributed by atoms with E-state index in [9.17, 15) is 18.8 Å². The molecule has 1 fully saturated rings. The Balaban J connectivity index is 1.48. The van der Waals surface area contributed by atoms with Crippen LogP contribution in [0.4, 0.5) is 9.18 Å². The number of nitrogens with one attached hydrogen (secondary N) is 1. The molecule has 7 nitrogen and oxygen atoms in total. The highest BCUT2D eigenvalue weighted by Gasteiger charge is 2.34. The molecule has 0 aliphatic carbocycles. The van der Waals surface area contributed by atoms with E-state index in [4.69, 9.17) is 9.47 Å². The fourth-order valence-electron chi connectivity index (χ4n) is 3.12. The molecular weight excluding hydrogens is 435 g/mol. The van der Waals surface area contributed by atoms with Crippen molar-refractivity contribution in [1.29, 1.82) is 0 Å². The summed E-state index contributed by atoms with van der Waals surface area (Å²) in [5.41, 5.74) is 1.16. The molecule has 2 aromatic rings. The molecule has 168 valence electrons. The molecule has 1 heterocycles. The number of methoxy groups -OCH3 is 2. The van der Waals surface area contributed by atoms with Gasteiger partial charge in [-0.25, -0.2) is 4.39 Å². The Kier molecular flexibility index (Phi) is 7.88. The largest absolute Gasteiger partial charge is 0.493 e. The summed E-state index contributed by atoms with van der Waals surface area (Å²) in [6.07, 6.45) is 2.10. The van der Waals surface area contributed by atoms with Crippen LogP contribution in [0, 0.1) is 5.82 Å². The van der Waals surface area contributed by atoms with Crippen LogP contribution in [-0.2, 0) is 16.0 Å². The number of ether oxygens (including phenoxy) is 2. The van der Waals surface area contributed by atoms with Crippen LogP contribution in [-0.4, -0.2) is 49.3 Å². The lowest BCUT2D eigenvalue weighted by Crippen LogP contribution is -2.37. The predicted molar refractivity (Wildman–Crippen MR) is 120 cm³/mol. The van der Waals surface area contributed by atoms with Gasteiger partial charge in [-0.3, -0.25) is 19.3 Å². The number of aryl methyl sites for hydroxylation is 1. The van der Waals surface area contributed by atoms with Crippen molar-refractivity contribution in [3.63, 3.8) is 0 Å². The van der Waals surface area contributed by atoms with E-state index in [0.717, 1.165) is 22.2 Å². The quantitative estimate of drug-likeness (QED) is 0.578. The fraction of sp³-hybridized carbons (Fsp3) is 0.261. The summed E-state index contributed by atoms with van der Waals surface area (Å²) in [7, 11) is 3.10. The van der Waals surface area contributed by atoms with Crippen molar-refractivity contribution in [2.24, 2.45) is 0 Å². The lowest BCUT2D eigenvalue weighted by molar-refractivity contribution is -0.124. The number of thioether (sulfide) groups is 1. The van der Waals surface area contributed by atoms with Gasteiger partial charge in [0.25, 0.3) is 11.1 Å². The first-order chi connectivity index (χ1) is 15.4. The lowest BCUT2D eigenvalue weighted by Gasteiger charge is -2.13. The first kappa shape index (κ1) is 23.3. The second-order valence-electron chi connectivity index (χ2n) is 6.89. The lowest BCUT2D eigenvalue weighted by atomic mass is 10.1. The van der Waals surface area contributed by atoms with Crippen LogP contribution >= 0.6 is 11.8 Å². The summed E-state index contributed by atoms with van der Waals surface area (Å²) in [5, 5.41) is 2.27. The van der Waals surface area contributed by atoms with Crippen LogP contribution < -0.4 is 14.8 Å². The Morgan fingerprint density at radius 3 is 2.59 bits per heavy atom. The van der Waals surface area contributed by atoms with Crippen molar-refractivity contribution < 1.29 is 28.2 Å². The van der Waals surface area contributed by atoms with Gasteiger partial charge in [-0.15, -0.1) is 0 Å². The van der Waals surface area contributed by atoms with E-state index in [-0.39, 0.29) is 35.9 Å². The average Bonchev–Trinajstić information content (AvgIpc) is 3.06. The molecule has 0 unspecified atom stereocenters. The molecule has 0 aromatic heterocycles. The minimum atomic E-state index is -0.497. The topological polar surface area (TPSA) is 84.9 Å². The Labute approximate surface area is 189 Å². The van der Waals surface area contributed by atoms with Gasteiger partial charge < -0.3 is 14.8 Å². The number of imide groups is 1. The summed E-state index contributed by atoms with van der Waals surface area (Å²) in [5.74, 6) is 0.0349. The predicted octanol–water partition coefficient (Wildman–Crippen LogP) is 3.63. The Morgan fingerprint density at radius 1 is 1.12 bits per heavy atom. The van der Waals surface area contributed by atoms with E-state index >= 15 is 0 Å². The SMILES string of the molecule is COc1ccc(CCC(=O)NCCN2C(=O)S/C(=C\c3ccccc3F)C2=O)cc1OC. The van der Waals surface area contributed by atoms with E-state index in [1.54, 1.807) is 32.4 Å². The molecule has 0 radical (unpaired) electrons. The number of carbonyl (C=O) groups excluding carboxylic acids is 3. The minimum Gasteiger partial charge on any atom is -0.493 e. The Morgan fingerprint density at radius 2 is 1.88 bits per heavy atom. The molecule has 0 atom stereocenters. The third-order valence-corrected chi connectivity index (χ3v) is 5.72. The minimum absolute atomic E-state index is 0.0430. The second-order valence-corrected chi connectivity index (χ2v) is 7.89. The third kappa shape index (κ3) is 5.67. The van der Waals surface area contributed by atoms with Crippen LogP contribution in [0.3, 0.4) is 0 Å². The zero-order valence-electron chi connectivity index (χ0n) is 17.7. The van der Waals surface area contributed by atoms with E-state index in [1.807, 2.05) is 12.1 Å². The molecule has 1 aliphatic rings. The Bertz CT molecular complexity index is 1060. The normalized spacial score (nSPS) is 14.7. The number of carbonyl (C=O) groups is 3. The smallest absolute Gasteiger partial charge is 0.293 e. The van der Waals surface area contributed by atoms with E-state index < -0.39 is 17.0 Å². The van der Waals surface area contributed by atoms with Crippen LogP contribution in [0.5, 0.6) is 11.5 Å². The van der Waals surface area contributed by atoms with Crippen molar-refractivity contribution in [1.82, 2.24) is 10.2 Å². The van der Waals surface area contributed by atoms with E-state index in [2.05, 4.69) is 5.32 Å². The number of hydrogen-bond acceptors (Lipinski definition) is 6. The number of rotatable bonds is 9. The summed E-state index contributed by atoms with van der Waals surface area (Å²) >= 11 is 0.755. The fourth-order valence-corrected chi connectivity index (χ4v) is 3.97. The van der Waals surface area contributed by atoms with E-state index in [1.165, 1.54) is 18.2 Å². The first-order valence-corrected chi connectivity index (χ1v) is 10.7. The zero-order valence-corrected chi connectivity index (χ0v) is 18.5.